The summed E-state index contributed by atoms with van der Waals surface area (Å²) >= 11 is 0. The second kappa shape index (κ2) is 19.8. The first-order valence-corrected chi connectivity index (χ1v) is 26.0. The van der Waals surface area contributed by atoms with Crippen LogP contribution in [0.2, 0.25) is 0 Å². The lowest BCUT2D eigenvalue weighted by Crippen LogP contribution is -2.13. The molecule has 0 aliphatic rings. The SMILES string of the molecule is Fc1c(F)c(F)c(-c2c(-n3c4ccccc4c4cc(-c5nc(-c6ccccc6)nc(-c6ccccc6)n5)ccc43)cc(C(F)(F)F)cc2-n2c3ccccc3c3cc(-c4nc(-c5ccccc5)nc(-c5ccccc5)n4)ccc32)c(F)c1F. The molecule has 0 aliphatic carbocycles. The molecule has 0 spiro atoms. The van der Waals surface area contributed by atoms with E-state index in [1.807, 2.05) is 121 Å². The van der Waals surface area contributed by atoms with Crippen molar-refractivity contribution in [3.8, 4) is 90.8 Å². The Labute approximate surface area is 466 Å². The van der Waals surface area contributed by atoms with Crippen LogP contribution in [0.15, 0.2) is 218 Å². The molecule has 0 saturated carbocycles. The fraction of sp³-hybridized carbons (Fsp3) is 0.0149. The lowest BCUT2D eigenvalue weighted by Gasteiger charge is -2.23. The van der Waals surface area contributed by atoms with E-state index in [1.165, 1.54) is 9.13 Å². The second-order valence-electron chi connectivity index (χ2n) is 19.6. The smallest absolute Gasteiger partial charge is 0.309 e. The van der Waals surface area contributed by atoms with Gasteiger partial charge in [0.15, 0.2) is 58.2 Å². The molecule has 14 rings (SSSR count). The highest BCUT2D eigenvalue weighted by atomic mass is 19.4. The van der Waals surface area contributed by atoms with E-state index in [1.54, 1.807) is 84.9 Å². The van der Waals surface area contributed by atoms with Crippen molar-refractivity contribution >= 4 is 43.6 Å². The quantitative estimate of drug-likeness (QED) is 0.0813. The first-order chi connectivity index (χ1) is 40.4. The molecular weight excluding hydrogens is 1070 g/mol. The van der Waals surface area contributed by atoms with Crippen LogP contribution in [-0.4, -0.2) is 39.0 Å². The van der Waals surface area contributed by atoms with Crippen LogP contribution in [0.4, 0.5) is 35.1 Å². The molecule has 400 valence electrons. The van der Waals surface area contributed by atoms with Gasteiger partial charge in [0, 0.05) is 60.5 Å². The van der Waals surface area contributed by atoms with Gasteiger partial charge in [-0.15, -0.1) is 0 Å². The summed E-state index contributed by atoms with van der Waals surface area (Å²) in [5.41, 5.74) is 0.0387. The van der Waals surface area contributed by atoms with E-state index in [0.29, 0.717) is 90.4 Å². The van der Waals surface area contributed by atoms with Crippen LogP contribution < -0.4 is 0 Å². The third-order valence-corrected chi connectivity index (χ3v) is 14.6. The van der Waals surface area contributed by atoms with Gasteiger partial charge < -0.3 is 9.13 Å². The largest absolute Gasteiger partial charge is 0.416 e. The second-order valence-corrected chi connectivity index (χ2v) is 19.6. The normalized spacial score (nSPS) is 11.9. The fourth-order valence-electron chi connectivity index (χ4n) is 10.8. The van der Waals surface area contributed by atoms with Gasteiger partial charge in [-0.2, -0.15) is 13.2 Å². The summed E-state index contributed by atoms with van der Waals surface area (Å²) in [7, 11) is 0. The topological polar surface area (TPSA) is 87.2 Å². The third kappa shape index (κ3) is 8.61. The maximum atomic E-state index is 17.0. The van der Waals surface area contributed by atoms with Crippen molar-refractivity contribution in [1.82, 2.24) is 39.0 Å². The average molecular weight is 1110 g/mol. The van der Waals surface area contributed by atoms with E-state index in [4.69, 9.17) is 29.9 Å². The van der Waals surface area contributed by atoms with Gasteiger partial charge in [-0.3, -0.25) is 0 Å². The molecule has 0 aliphatic heterocycles. The Morgan fingerprint density at radius 1 is 0.265 bits per heavy atom. The zero-order valence-corrected chi connectivity index (χ0v) is 42.9. The Kier molecular flexibility index (Phi) is 12.0. The zero-order chi connectivity index (χ0) is 56.7. The number of alkyl halides is 3. The molecule has 0 amide bonds. The van der Waals surface area contributed by atoms with Crippen LogP contribution in [0.25, 0.3) is 134 Å². The van der Waals surface area contributed by atoms with E-state index >= 15 is 35.1 Å². The standard InChI is InChI=1S/C67H36F8N8/c68-56-55(57(69)59(71)60(72)58(56)70)54-52(82-48-27-15-13-25-44(48)46-33-41(29-31-50(46)82)65-78-61(37-17-5-1-6-18-37)76-62(79-65)38-19-7-2-8-20-38)35-43(67(73,74)75)36-53(54)83-49-28-16-14-26-45(49)47-34-42(30-32-51(47)83)66-80-63(39-21-9-3-10-22-39)77-64(81-66)40-23-11-4-12-24-40/h1-36H. The van der Waals surface area contributed by atoms with Crippen LogP contribution >= 0.6 is 0 Å². The maximum Gasteiger partial charge on any atom is 0.416 e. The predicted molar refractivity (Wildman–Crippen MR) is 305 cm³/mol. The van der Waals surface area contributed by atoms with Gasteiger partial charge in [0.05, 0.1) is 44.6 Å². The number of hydrogen-bond donors (Lipinski definition) is 0. The Morgan fingerprint density at radius 3 is 0.892 bits per heavy atom. The van der Waals surface area contributed by atoms with Crippen molar-refractivity contribution in [1.29, 1.82) is 0 Å². The molecule has 4 heterocycles. The van der Waals surface area contributed by atoms with Crippen molar-refractivity contribution in [2.24, 2.45) is 0 Å². The minimum atomic E-state index is -5.15. The van der Waals surface area contributed by atoms with Gasteiger partial charge >= 0.3 is 6.18 Å². The van der Waals surface area contributed by atoms with Gasteiger partial charge in [0.25, 0.3) is 0 Å². The minimum Gasteiger partial charge on any atom is -0.309 e. The molecule has 10 aromatic carbocycles. The highest BCUT2D eigenvalue weighted by Crippen LogP contribution is 2.48. The first-order valence-electron chi connectivity index (χ1n) is 26.0. The summed E-state index contributed by atoms with van der Waals surface area (Å²) in [6, 6.07) is 61.6. The van der Waals surface area contributed by atoms with Gasteiger partial charge in [-0.05, 0) is 60.7 Å². The van der Waals surface area contributed by atoms with Gasteiger partial charge in [0.2, 0.25) is 5.82 Å². The van der Waals surface area contributed by atoms with E-state index < -0.39 is 63.3 Å². The van der Waals surface area contributed by atoms with Gasteiger partial charge in [-0.1, -0.05) is 158 Å². The maximum absolute atomic E-state index is 17.0. The lowest BCUT2D eigenvalue weighted by molar-refractivity contribution is -0.137. The molecule has 0 unspecified atom stereocenters. The summed E-state index contributed by atoms with van der Waals surface area (Å²) < 4.78 is 131. The van der Waals surface area contributed by atoms with Crippen molar-refractivity contribution in [3.63, 3.8) is 0 Å². The molecule has 0 bridgehead atoms. The Balaban J connectivity index is 1.05. The van der Waals surface area contributed by atoms with Crippen LogP contribution in [0, 0.1) is 29.1 Å². The molecule has 0 saturated heterocycles. The number of hydrogen-bond acceptors (Lipinski definition) is 6. The van der Waals surface area contributed by atoms with Crippen molar-refractivity contribution in [2.45, 2.75) is 6.18 Å². The Hall–Kier alpha value is -10.7. The first kappa shape index (κ1) is 50.5. The number of rotatable bonds is 9. The molecule has 4 aromatic heterocycles. The molecular formula is C67H36F8N8. The Bertz CT molecular complexity index is 4490. The molecule has 0 N–H and O–H groups in total. The number of aromatic nitrogens is 8. The molecule has 14 aromatic rings. The van der Waals surface area contributed by atoms with Gasteiger partial charge in [-0.25, -0.2) is 51.9 Å². The summed E-state index contributed by atoms with van der Waals surface area (Å²) in [4.78, 5) is 29.1. The van der Waals surface area contributed by atoms with Crippen LogP contribution in [0.3, 0.4) is 0 Å². The molecule has 16 heteroatoms. The highest BCUT2D eigenvalue weighted by molar-refractivity contribution is 6.13. The molecule has 8 nitrogen and oxygen atoms in total. The molecule has 83 heavy (non-hydrogen) atoms. The number of nitrogens with zero attached hydrogens (tertiary/aromatic N) is 8. The minimum absolute atomic E-state index is 0.208. The molecule has 0 atom stereocenters. The summed E-state index contributed by atoms with van der Waals surface area (Å²) in [5.74, 6) is -9.60. The molecule has 0 radical (unpaired) electrons. The van der Waals surface area contributed by atoms with E-state index in [0.717, 1.165) is 0 Å². The number of halogens is 8. The third-order valence-electron chi connectivity index (χ3n) is 14.6. The van der Waals surface area contributed by atoms with Crippen molar-refractivity contribution < 1.29 is 35.1 Å². The van der Waals surface area contributed by atoms with Crippen molar-refractivity contribution in [2.75, 3.05) is 0 Å². The summed E-state index contributed by atoms with van der Waals surface area (Å²) in [6.45, 7) is 0. The number of benzene rings is 10. The van der Waals surface area contributed by atoms with Gasteiger partial charge in [0.1, 0.15) is 0 Å². The van der Waals surface area contributed by atoms with Crippen LogP contribution in [0.5, 0.6) is 0 Å². The van der Waals surface area contributed by atoms with Crippen LogP contribution in [-0.2, 0) is 6.18 Å². The highest BCUT2D eigenvalue weighted by Gasteiger charge is 2.37. The predicted octanol–water partition coefficient (Wildman–Crippen LogP) is 17.6. The number of fused-ring (bicyclic) bond motifs is 6. The van der Waals surface area contributed by atoms with E-state index in [9.17, 15) is 0 Å². The lowest BCUT2D eigenvalue weighted by atomic mass is 9.96. The van der Waals surface area contributed by atoms with E-state index in [-0.39, 0.29) is 33.7 Å². The fourth-order valence-corrected chi connectivity index (χ4v) is 10.8. The summed E-state index contributed by atoms with van der Waals surface area (Å²) in [6.07, 6.45) is -5.15. The van der Waals surface area contributed by atoms with Crippen molar-refractivity contribution in [3.05, 3.63) is 253 Å². The number of para-hydroxylation sites is 2. The van der Waals surface area contributed by atoms with Crippen LogP contribution in [0.1, 0.15) is 5.56 Å². The van der Waals surface area contributed by atoms with E-state index in [2.05, 4.69) is 0 Å². The monoisotopic (exact) mass is 1100 g/mol. The zero-order valence-electron chi connectivity index (χ0n) is 42.9. The summed E-state index contributed by atoms with van der Waals surface area (Å²) in [5, 5.41) is 1.77. The average Bonchev–Trinajstić information content (AvgIpc) is 3.12. The Morgan fingerprint density at radius 2 is 0.554 bits per heavy atom. The molecule has 0 fully saturated rings.